The molecule has 0 amide bonds. The van der Waals surface area contributed by atoms with Crippen molar-refractivity contribution in [1.82, 2.24) is 15.1 Å². The molecular formula is C16H18BFN4O. The van der Waals surface area contributed by atoms with Gasteiger partial charge in [-0.15, -0.1) is 0 Å². The van der Waals surface area contributed by atoms with Crippen molar-refractivity contribution >= 4 is 19.1 Å². The van der Waals surface area contributed by atoms with E-state index in [2.05, 4.69) is 20.0 Å². The van der Waals surface area contributed by atoms with Crippen LogP contribution in [0.1, 0.15) is 11.1 Å². The quantitative estimate of drug-likeness (QED) is 0.830. The van der Waals surface area contributed by atoms with Crippen LogP contribution in [0.4, 0.5) is 10.1 Å². The van der Waals surface area contributed by atoms with E-state index in [1.54, 1.807) is 6.07 Å². The molecule has 0 aliphatic carbocycles. The number of benzene rings is 1. The summed E-state index contributed by atoms with van der Waals surface area (Å²) in [5.41, 5.74) is 2.88. The van der Waals surface area contributed by atoms with Gasteiger partial charge in [0, 0.05) is 44.4 Å². The first-order chi connectivity index (χ1) is 11.0. The fourth-order valence-electron chi connectivity index (χ4n) is 2.88. The number of aryl methyl sites for hydroxylation is 1. The first kappa shape index (κ1) is 15.7. The summed E-state index contributed by atoms with van der Waals surface area (Å²) >= 11 is 0. The largest absolute Gasteiger partial charge is 0.368 e. The zero-order valence-electron chi connectivity index (χ0n) is 13.1. The van der Waals surface area contributed by atoms with Gasteiger partial charge in [-0.05, 0) is 30.2 Å². The first-order valence-electron chi connectivity index (χ1n) is 7.60. The molecule has 0 bridgehead atoms. The Morgan fingerprint density at radius 3 is 2.70 bits per heavy atom. The van der Waals surface area contributed by atoms with Crippen LogP contribution in [0, 0.1) is 12.7 Å². The van der Waals surface area contributed by atoms with E-state index in [0.717, 1.165) is 43.9 Å². The van der Waals surface area contributed by atoms with Crippen LogP contribution < -0.4 is 16.1 Å². The minimum atomic E-state index is -0.251. The maximum atomic E-state index is 13.2. The third-order valence-corrected chi connectivity index (χ3v) is 4.23. The molecule has 1 aromatic carbocycles. The number of H-pyrrole nitrogens is 1. The highest BCUT2D eigenvalue weighted by Crippen LogP contribution is 2.16. The summed E-state index contributed by atoms with van der Waals surface area (Å²) in [5.74, 6) is -0.201. The van der Waals surface area contributed by atoms with Crippen LogP contribution in [0.5, 0.6) is 0 Å². The van der Waals surface area contributed by atoms with Crippen molar-refractivity contribution in [3.8, 4) is 0 Å². The average Bonchev–Trinajstić information content (AvgIpc) is 2.53. The van der Waals surface area contributed by atoms with Crippen LogP contribution in [0.2, 0.25) is 0 Å². The number of nitrogens with zero attached hydrogens (tertiary/aromatic N) is 3. The maximum absolute atomic E-state index is 13.2. The summed E-state index contributed by atoms with van der Waals surface area (Å²) in [6.07, 6.45) is 0. The summed E-state index contributed by atoms with van der Waals surface area (Å²) in [7, 11) is 5.84. The fraction of sp³-hybridized carbons (Fsp3) is 0.375. The molecule has 118 valence electrons. The van der Waals surface area contributed by atoms with Gasteiger partial charge in [0.15, 0.2) is 0 Å². The number of aromatic nitrogens is 2. The molecule has 1 aliphatic rings. The Balaban J connectivity index is 1.64. The van der Waals surface area contributed by atoms with E-state index in [0.29, 0.717) is 11.3 Å². The van der Waals surface area contributed by atoms with Crippen molar-refractivity contribution in [2.24, 2.45) is 0 Å². The summed E-state index contributed by atoms with van der Waals surface area (Å²) < 4.78 is 13.2. The number of nitrogens with one attached hydrogen (secondary N) is 1. The lowest BCUT2D eigenvalue weighted by atomic mass is 10.0. The Morgan fingerprint density at radius 1 is 1.26 bits per heavy atom. The second-order valence-electron chi connectivity index (χ2n) is 5.84. The van der Waals surface area contributed by atoms with Gasteiger partial charge in [-0.1, -0.05) is 6.07 Å². The van der Waals surface area contributed by atoms with Crippen LogP contribution in [-0.4, -0.2) is 49.1 Å². The van der Waals surface area contributed by atoms with Gasteiger partial charge in [-0.3, -0.25) is 9.69 Å². The zero-order chi connectivity index (χ0) is 16.4. The van der Waals surface area contributed by atoms with Crippen molar-refractivity contribution < 1.29 is 4.39 Å². The van der Waals surface area contributed by atoms with Crippen molar-refractivity contribution in [3.05, 3.63) is 51.6 Å². The van der Waals surface area contributed by atoms with Gasteiger partial charge in [-0.25, -0.2) is 9.49 Å². The van der Waals surface area contributed by atoms with E-state index in [1.165, 1.54) is 12.1 Å². The summed E-state index contributed by atoms with van der Waals surface area (Å²) in [5, 5.41) is 6.14. The second-order valence-corrected chi connectivity index (χ2v) is 5.84. The molecule has 2 radical (unpaired) electrons. The van der Waals surface area contributed by atoms with Gasteiger partial charge in [0.1, 0.15) is 13.7 Å². The molecule has 2 aromatic rings. The Hall–Kier alpha value is -2.15. The zero-order valence-corrected chi connectivity index (χ0v) is 13.1. The molecule has 1 saturated heterocycles. The van der Waals surface area contributed by atoms with E-state index in [4.69, 9.17) is 7.85 Å². The Morgan fingerprint density at radius 2 is 2.00 bits per heavy atom. The molecule has 1 N–H and O–H groups in total. The summed E-state index contributed by atoms with van der Waals surface area (Å²) in [6, 6.07) is 6.40. The van der Waals surface area contributed by atoms with Gasteiger partial charge >= 0.3 is 0 Å². The molecule has 1 aliphatic heterocycles. The number of piperazine rings is 1. The highest BCUT2D eigenvalue weighted by Gasteiger charge is 2.19. The molecule has 3 rings (SSSR count). The number of anilines is 1. The van der Waals surface area contributed by atoms with Crippen LogP contribution in [-0.2, 0) is 6.54 Å². The number of hydrogen-bond donors (Lipinski definition) is 1. The minimum absolute atomic E-state index is 0.201. The minimum Gasteiger partial charge on any atom is -0.368 e. The van der Waals surface area contributed by atoms with E-state index >= 15 is 0 Å². The molecule has 0 spiro atoms. The van der Waals surface area contributed by atoms with Crippen LogP contribution >= 0.6 is 0 Å². The van der Waals surface area contributed by atoms with Gasteiger partial charge < -0.3 is 4.90 Å². The first-order valence-corrected chi connectivity index (χ1v) is 7.60. The van der Waals surface area contributed by atoms with Crippen molar-refractivity contribution in [3.63, 3.8) is 0 Å². The molecule has 0 atom stereocenters. The lowest BCUT2D eigenvalue weighted by molar-refractivity contribution is 0.249. The monoisotopic (exact) mass is 312 g/mol. The topological polar surface area (TPSA) is 52.2 Å². The van der Waals surface area contributed by atoms with E-state index in [-0.39, 0.29) is 11.4 Å². The van der Waals surface area contributed by atoms with Gasteiger partial charge in [0.2, 0.25) is 0 Å². The van der Waals surface area contributed by atoms with Gasteiger partial charge in [-0.2, -0.15) is 5.10 Å². The highest BCUT2D eigenvalue weighted by atomic mass is 19.1. The fourth-order valence-corrected chi connectivity index (χ4v) is 2.88. The summed E-state index contributed by atoms with van der Waals surface area (Å²) in [4.78, 5) is 15.8. The predicted molar refractivity (Wildman–Crippen MR) is 88.9 cm³/mol. The van der Waals surface area contributed by atoms with Crippen molar-refractivity contribution in [1.29, 1.82) is 0 Å². The molecular weight excluding hydrogens is 294 g/mol. The highest BCUT2D eigenvalue weighted by molar-refractivity contribution is 6.34. The lowest BCUT2D eigenvalue weighted by Gasteiger charge is -2.36. The van der Waals surface area contributed by atoms with Crippen molar-refractivity contribution in [2.75, 3.05) is 31.1 Å². The molecule has 0 unspecified atom stereocenters. The van der Waals surface area contributed by atoms with Crippen molar-refractivity contribution in [2.45, 2.75) is 13.5 Å². The number of halogens is 1. The molecule has 7 heteroatoms. The number of aromatic amines is 1. The normalized spacial score (nSPS) is 15.8. The molecule has 2 heterocycles. The van der Waals surface area contributed by atoms with E-state index in [9.17, 15) is 9.18 Å². The smallest absolute Gasteiger partial charge is 0.266 e. The Kier molecular flexibility index (Phi) is 4.47. The van der Waals surface area contributed by atoms with E-state index < -0.39 is 0 Å². The Bertz CT molecular complexity index is 756. The molecule has 5 nitrogen and oxygen atoms in total. The molecule has 23 heavy (non-hydrogen) atoms. The average molecular weight is 312 g/mol. The van der Waals surface area contributed by atoms with E-state index in [1.807, 2.05) is 13.0 Å². The number of rotatable bonds is 3. The third-order valence-electron chi connectivity index (χ3n) is 4.23. The van der Waals surface area contributed by atoms with Gasteiger partial charge in [0.25, 0.3) is 5.56 Å². The predicted octanol–water partition coefficient (Wildman–Crippen LogP) is 0.333. The maximum Gasteiger partial charge on any atom is 0.266 e. The SMILES string of the molecule is [B]c1n[nH]c(=O)cc1N1CCN(Cc2ccc(F)cc2C)CC1. The second kappa shape index (κ2) is 6.54. The molecule has 1 aromatic heterocycles. The third kappa shape index (κ3) is 3.61. The number of hydrogen-bond acceptors (Lipinski definition) is 4. The molecule has 1 fully saturated rings. The Labute approximate surface area is 135 Å². The standard InChI is InChI=1S/C16H18BFN4O/c1-11-8-13(18)3-2-12(11)10-21-4-6-22(7-5-21)14-9-15(23)19-20-16(14)17/h2-3,8-9H,4-7,10H2,1H3,(H,19,23). The molecule has 0 saturated carbocycles. The van der Waals surface area contributed by atoms with Crippen LogP contribution in [0.25, 0.3) is 0 Å². The lowest BCUT2D eigenvalue weighted by Crippen LogP contribution is -2.48. The van der Waals surface area contributed by atoms with Crippen LogP contribution in [0.3, 0.4) is 0 Å². The summed E-state index contributed by atoms with van der Waals surface area (Å²) in [6.45, 7) is 5.97. The van der Waals surface area contributed by atoms with Crippen LogP contribution in [0.15, 0.2) is 29.1 Å². The van der Waals surface area contributed by atoms with Gasteiger partial charge in [0.05, 0.1) is 5.69 Å².